The van der Waals surface area contributed by atoms with Gasteiger partial charge in [0, 0.05) is 0 Å². The first-order chi connectivity index (χ1) is 3.72. The van der Waals surface area contributed by atoms with Crippen molar-refractivity contribution in [1.82, 2.24) is 0 Å². The van der Waals surface area contributed by atoms with E-state index in [-0.39, 0.29) is 0 Å². The molecule has 0 aromatic rings. The summed E-state index contributed by atoms with van der Waals surface area (Å²) >= 11 is 0. The highest BCUT2D eigenvalue weighted by molar-refractivity contribution is 5.13. The van der Waals surface area contributed by atoms with Gasteiger partial charge in [0.2, 0.25) is 0 Å². The van der Waals surface area contributed by atoms with E-state index in [0.29, 0.717) is 0 Å². The molecule has 0 fully saturated rings. The van der Waals surface area contributed by atoms with Crippen LogP contribution in [0, 0.1) is 0 Å². The second kappa shape index (κ2) is 3.23. The average molecular weight is 126 g/mol. The molecule has 0 radical (unpaired) electrons. The Morgan fingerprint density at radius 1 is 0.875 bits per heavy atom. The number of hydrogen-bond donors (Lipinski definition) is 0. The molecule has 0 saturated heterocycles. The number of rotatable bonds is 1. The SMILES string of the molecule is F/C=C(F)\C(F)=C/F. The Morgan fingerprint density at radius 2 is 1.12 bits per heavy atom. The van der Waals surface area contributed by atoms with Gasteiger partial charge in [0.1, 0.15) is 12.7 Å². The van der Waals surface area contributed by atoms with Gasteiger partial charge in [-0.3, -0.25) is 0 Å². The molecule has 0 aliphatic rings. The topological polar surface area (TPSA) is 0 Å². The van der Waals surface area contributed by atoms with Crippen LogP contribution in [-0.4, -0.2) is 0 Å². The predicted molar refractivity (Wildman–Crippen MR) is 20.6 cm³/mol. The molecule has 0 N–H and O–H groups in total. The molecule has 0 spiro atoms. The van der Waals surface area contributed by atoms with Crippen molar-refractivity contribution in [3.8, 4) is 0 Å². The van der Waals surface area contributed by atoms with Crippen LogP contribution in [0.25, 0.3) is 0 Å². The molecule has 0 aromatic carbocycles. The molecule has 0 bridgehead atoms. The van der Waals surface area contributed by atoms with Gasteiger partial charge in [0.05, 0.1) is 0 Å². The third kappa shape index (κ3) is 1.77. The van der Waals surface area contributed by atoms with Crippen LogP contribution in [0.15, 0.2) is 24.3 Å². The molecule has 8 heavy (non-hydrogen) atoms. The Hall–Kier alpha value is -0.800. The van der Waals surface area contributed by atoms with Crippen LogP contribution >= 0.6 is 0 Å². The molecule has 46 valence electrons. The van der Waals surface area contributed by atoms with Crippen molar-refractivity contribution < 1.29 is 17.6 Å². The van der Waals surface area contributed by atoms with E-state index in [9.17, 15) is 17.6 Å². The molecular weight excluding hydrogens is 124 g/mol. The summed E-state index contributed by atoms with van der Waals surface area (Å²) in [6.45, 7) is 0. The summed E-state index contributed by atoms with van der Waals surface area (Å²) in [6.07, 6.45) is -1.32. The van der Waals surface area contributed by atoms with Crippen molar-refractivity contribution in [2.24, 2.45) is 0 Å². The van der Waals surface area contributed by atoms with Crippen LogP contribution in [0.4, 0.5) is 17.6 Å². The van der Waals surface area contributed by atoms with Crippen molar-refractivity contribution in [2.45, 2.75) is 0 Å². The molecule has 0 unspecified atom stereocenters. The molecule has 0 saturated carbocycles. The first-order valence-electron chi connectivity index (χ1n) is 1.64. The van der Waals surface area contributed by atoms with E-state index in [2.05, 4.69) is 0 Å². The first kappa shape index (κ1) is 7.20. The monoisotopic (exact) mass is 126 g/mol. The van der Waals surface area contributed by atoms with Gasteiger partial charge in [-0.25, -0.2) is 17.6 Å². The van der Waals surface area contributed by atoms with Gasteiger partial charge >= 0.3 is 0 Å². The van der Waals surface area contributed by atoms with E-state index < -0.39 is 24.3 Å². The molecule has 0 aliphatic carbocycles. The average Bonchev–Trinajstić information content (AvgIpc) is 1.84. The van der Waals surface area contributed by atoms with Crippen molar-refractivity contribution in [2.75, 3.05) is 0 Å². The summed E-state index contributed by atoms with van der Waals surface area (Å²) in [7, 11) is 0. The minimum atomic E-state index is -1.84. The van der Waals surface area contributed by atoms with Gasteiger partial charge < -0.3 is 0 Å². The van der Waals surface area contributed by atoms with Gasteiger partial charge in [-0.2, -0.15) is 0 Å². The van der Waals surface area contributed by atoms with Gasteiger partial charge in [-0.1, -0.05) is 0 Å². The predicted octanol–water partition coefficient (Wildman–Crippen LogP) is 2.55. The van der Waals surface area contributed by atoms with E-state index in [1.54, 1.807) is 0 Å². The van der Waals surface area contributed by atoms with Gasteiger partial charge in [0.15, 0.2) is 11.7 Å². The van der Waals surface area contributed by atoms with Crippen molar-refractivity contribution in [1.29, 1.82) is 0 Å². The Labute approximate surface area is 43.1 Å². The molecule has 0 amide bonds. The summed E-state index contributed by atoms with van der Waals surface area (Å²) in [6, 6.07) is 0. The fraction of sp³-hybridized carbons (Fsp3) is 0. The third-order valence-electron chi connectivity index (χ3n) is 0.420. The van der Waals surface area contributed by atoms with Gasteiger partial charge in [-0.05, 0) is 0 Å². The Kier molecular flexibility index (Phi) is 2.91. The van der Waals surface area contributed by atoms with E-state index in [1.165, 1.54) is 0 Å². The second-order valence-corrected chi connectivity index (χ2v) is 0.914. The summed E-state index contributed by atoms with van der Waals surface area (Å²) < 4.78 is 44.3. The van der Waals surface area contributed by atoms with Crippen LogP contribution < -0.4 is 0 Å². The fourth-order valence-electron chi connectivity index (χ4n) is 0.104. The normalized spacial score (nSPS) is 14.5. The minimum absolute atomic E-state index is 0.661. The lowest BCUT2D eigenvalue weighted by Gasteiger charge is -1.81. The molecule has 4 heteroatoms. The largest absolute Gasteiger partial charge is 0.212 e. The zero-order valence-electron chi connectivity index (χ0n) is 3.67. The van der Waals surface area contributed by atoms with E-state index in [1.807, 2.05) is 0 Å². The van der Waals surface area contributed by atoms with Crippen LogP contribution in [0.2, 0.25) is 0 Å². The summed E-state index contributed by atoms with van der Waals surface area (Å²) in [5.41, 5.74) is 0. The van der Waals surface area contributed by atoms with Crippen molar-refractivity contribution in [3.63, 3.8) is 0 Å². The highest BCUT2D eigenvalue weighted by Crippen LogP contribution is 2.12. The summed E-state index contributed by atoms with van der Waals surface area (Å²) in [5, 5.41) is 0. The van der Waals surface area contributed by atoms with Crippen LogP contribution in [0.3, 0.4) is 0 Å². The zero-order chi connectivity index (χ0) is 6.57. The molecule has 0 atom stereocenters. The van der Waals surface area contributed by atoms with Crippen LogP contribution in [0.5, 0.6) is 0 Å². The minimum Gasteiger partial charge on any atom is -0.212 e. The summed E-state index contributed by atoms with van der Waals surface area (Å²) in [5.74, 6) is -3.68. The van der Waals surface area contributed by atoms with Crippen LogP contribution in [-0.2, 0) is 0 Å². The maximum absolute atomic E-state index is 11.3. The quantitative estimate of drug-likeness (QED) is 0.374. The lowest BCUT2D eigenvalue weighted by molar-refractivity contribution is 0.501. The number of allylic oxidation sites excluding steroid dienone is 2. The lowest BCUT2D eigenvalue weighted by Crippen LogP contribution is -1.68. The molecule has 0 nitrogen and oxygen atoms in total. The van der Waals surface area contributed by atoms with Gasteiger partial charge in [-0.15, -0.1) is 0 Å². The molecular formula is C4H2F4. The van der Waals surface area contributed by atoms with Crippen molar-refractivity contribution in [3.05, 3.63) is 24.3 Å². The van der Waals surface area contributed by atoms with E-state index in [4.69, 9.17) is 0 Å². The first-order valence-corrected chi connectivity index (χ1v) is 1.64. The zero-order valence-corrected chi connectivity index (χ0v) is 3.67. The molecule has 0 aliphatic heterocycles. The van der Waals surface area contributed by atoms with Gasteiger partial charge in [0.25, 0.3) is 0 Å². The number of halogens is 4. The maximum atomic E-state index is 11.3. The molecule has 0 rings (SSSR count). The fourth-order valence-corrected chi connectivity index (χ4v) is 0.104. The lowest BCUT2D eigenvalue weighted by atomic mass is 10.5. The van der Waals surface area contributed by atoms with E-state index in [0.717, 1.165) is 0 Å². The summed E-state index contributed by atoms with van der Waals surface area (Å²) in [4.78, 5) is 0. The highest BCUT2D eigenvalue weighted by Gasteiger charge is 2.00. The van der Waals surface area contributed by atoms with E-state index >= 15 is 0 Å². The standard InChI is InChI=1S/C4H2F4/c5-1-3(7)4(8)2-6/h1-2H/b3-1+,4-2+. The smallest absolute Gasteiger partial charge is 0.189 e. The molecule has 0 heterocycles. The number of hydrogen-bond acceptors (Lipinski definition) is 0. The maximum Gasteiger partial charge on any atom is 0.189 e. The Bertz CT molecular complexity index is 108. The second-order valence-electron chi connectivity index (χ2n) is 0.914. The third-order valence-corrected chi connectivity index (χ3v) is 0.420. The Balaban J connectivity index is 4.04. The molecule has 0 aromatic heterocycles. The van der Waals surface area contributed by atoms with Crippen LogP contribution in [0.1, 0.15) is 0 Å². The highest BCUT2D eigenvalue weighted by atomic mass is 19.2. The Morgan fingerprint density at radius 3 is 1.25 bits per heavy atom. The van der Waals surface area contributed by atoms with Crippen molar-refractivity contribution >= 4 is 0 Å².